The summed E-state index contributed by atoms with van der Waals surface area (Å²) in [5.41, 5.74) is 1.33. The molecule has 128 valence electrons. The Hall–Kier alpha value is -2.21. The molecule has 1 aliphatic rings. The van der Waals surface area contributed by atoms with E-state index in [1.807, 2.05) is 11.0 Å². The smallest absolute Gasteiger partial charge is 0.223 e. The number of H-pyrrole nitrogens is 1. The van der Waals surface area contributed by atoms with Crippen molar-refractivity contribution in [2.75, 3.05) is 19.6 Å². The molecule has 0 bridgehead atoms. The van der Waals surface area contributed by atoms with E-state index in [2.05, 4.69) is 51.3 Å². The quantitative estimate of drug-likeness (QED) is 0.910. The molecule has 3 rings (SSSR count). The van der Waals surface area contributed by atoms with Crippen LogP contribution in [0.2, 0.25) is 0 Å². The molecule has 6 nitrogen and oxygen atoms in total. The number of aryl methyl sites for hydroxylation is 1. The number of rotatable bonds is 5. The van der Waals surface area contributed by atoms with Crippen molar-refractivity contribution in [3.63, 3.8) is 0 Å². The average Bonchev–Trinajstić information content (AvgIpc) is 3.05. The van der Waals surface area contributed by atoms with E-state index in [9.17, 15) is 4.79 Å². The highest BCUT2D eigenvalue weighted by Crippen LogP contribution is 2.15. The minimum Gasteiger partial charge on any atom is -0.339 e. The van der Waals surface area contributed by atoms with Gasteiger partial charge in [-0.2, -0.15) is 5.10 Å². The zero-order valence-corrected chi connectivity index (χ0v) is 14.2. The van der Waals surface area contributed by atoms with Gasteiger partial charge in [0.2, 0.25) is 5.91 Å². The minimum absolute atomic E-state index is 0.209. The first-order chi connectivity index (χ1) is 11.7. The molecular formula is C18H25N5O. The van der Waals surface area contributed by atoms with Gasteiger partial charge in [-0.3, -0.25) is 14.8 Å². The van der Waals surface area contributed by atoms with Crippen LogP contribution in [0.15, 0.2) is 36.7 Å². The largest absolute Gasteiger partial charge is 0.339 e. The van der Waals surface area contributed by atoms with Crippen molar-refractivity contribution >= 4 is 5.91 Å². The summed E-state index contributed by atoms with van der Waals surface area (Å²) in [5.74, 6) is 0.983. The Labute approximate surface area is 142 Å². The monoisotopic (exact) mass is 327 g/mol. The molecule has 2 heterocycles. The van der Waals surface area contributed by atoms with Gasteiger partial charge in [-0.05, 0) is 18.9 Å². The van der Waals surface area contributed by atoms with Crippen LogP contribution in [0.25, 0.3) is 0 Å². The van der Waals surface area contributed by atoms with E-state index in [4.69, 9.17) is 0 Å². The third kappa shape index (κ3) is 4.41. The van der Waals surface area contributed by atoms with E-state index >= 15 is 0 Å². The number of hydrogen-bond acceptors (Lipinski definition) is 4. The van der Waals surface area contributed by atoms with Crippen LogP contribution in [0.3, 0.4) is 0 Å². The standard InChI is InChI=1S/C18H25N5O/c1-15-9-10-22(13-16-5-3-2-4-6-16)11-12-23(15)18(24)8-7-17-19-14-20-21-17/h2-6,14-15H,7-13H2,1H3,(H,19,20,21)/t15-/m0/s1. The van der Waals surface area contributed by atoms with Crippen LogP contribution < -0.4 is 0 Å². The lowest BCUT2D eigenvalue weighted by Gasteiger charge is -2.26. The van der Waals surface area contributed by atoms with E-state index in [1.165, 1.54) is 11.9 Å². The first kappa shape index (κ1) is 16.6. The van der Waals surface area contributed by atoms with Gasteiger partial charge in [-0.15, -0.1) is 0 Å². The van der Waals surface area contributed by atoms with Crippen LogP contribution in [-0.4, -0.2) is 56.6 Å². The number of carbonyl (C=O) groups is 1. The van der Waals surface area contributed by atoms with Crippen LogP contribution in [0.1, 0.15) is 31.2 Å². The highest BCUT2D eigenvalue weighted by Gasteiger charge is 2.24. The number of nitrogens with zero attached hydrogens (tertiary/aromatic N) is 4. The molecule has 0 saturated carbocycles. The summed E-state index contributed by atoms with van der Waals surface area (Å²) in [6.07, 6.45) is 3.60. The second-order valence-corrected chi connectivity index (χ2v) is 6.42. The summed E-state index contributed by atoms with van der Waals surface area (Å²) >= 11 is 0. The molecule has 1 aromatic carbocycles. The highest BCUT2D eigenvalue weighted by molar-refractivity contribution is 5.76. The third-order valence-corrected chi connectivity index (χ3v) is 4.66. The normalized spacial score (nSPS) is 19.2. The number of amides is 1. The number of benzene rings is 1. The molecule has 1 amide bonds. The van der Waals surface area contributed by atoms with Gasteiger partial charge in [-0.25, -0.2) is 4.98 Å². The lowest BCUT2D eigenvalue weighted by Crippen LogP contribution is -2.40. The number of hydrogen-bond donors (Lipinski definition) is 1. The fourth-order valence-corrected chi connectivity index (χ4v) is 3.20. The Kier molecular flexibility index (Phi) is 5.59. The topological polar surface area (TPSA) is 65.1 Å². The van der Waals surface area contributed by atoms with Gasteiger partial charge in [-0.1, -0.05) is 30.3 Å². The predicted octanol–water partition coefficient (Wildman–Crippen LogP) is 1.86. The third-order valence-electron chi connectivity index (χ3n) is 4.66. The molecule has 1 fully saturated rings. The van der Waals surface area contributed by atoms with E-state index in [1.54, 1.807) is 0 Å². The van der Waals surface area contributed by atoms with Gasteiger partial charge in [0.15, 0.2) is 0 Å². The second kappa shape index (κ2) is 8.06. The summed E-state index contributed by atoms with van der Waals surface area (Å²) in [7, 11) is 0. The maximum Gasteiger partial charge on any atom is 0.223 e. The maximum absolute atomic E-state index is 12.6. The number of carbonyl (C=O) groups excluding carboxylic acids is 1. The molecule has 0 radical (unpaired) electrons. The maximum atomic E-state index is 12.6. The summed E-state index contributed by atoms with van der Waals surface area (Å²) < 4.78 is 0. The van der Waals surface area contributed by atoms with E-state index in [-0.39, 0.29) is 11.9 Å². The van der Waals surface area contributed by atoms with Crippen LogP contribution in [-0.2, 0) is 17.8 Å². The van der Waals surface area contributed by atoms with E-state index in [0.717, 1.165) is 38.4 Å². The predicted molar refractivity (Wildman–Crippen MR) is 92.2 cm³/mol. The van der Waals surface area contributed by atoms with E-state index < -0.39 is 0 Å². The summed E-state index contributed by atoms with van der Waals surface area (Å²) in [6.45, 7) is 5.85. The summed E-state index contributed by atoms with van der Waals surface area (Å²) in [4.78, 5) is 21.1. The Balaban J connectivity index is 1.53. The van der Waals surface area contributed by atoms with Crippen molar-refractivity contribution in [2.24, 2.45) is 0 Å². The van der Waals surface area contributed by atoms with Gasteiger partial charge in [0.1, 0.15) is 12.2 Å². The van der Waals surface area contributed by atoms with Crippen molar-refractivity contribution in [1.29, 1.82) is 0 Å². The SMILES string of the molecule is C[C@H]1CCN(Cc2ccccc2)CCN1C(=O)CCc1ncn[nH]1. The Morgan fingerprint density at radius 3 is 2.83 bits per heavy atom. The first-order valence-corrected chi connectivity index (χ1v) is 8.62. The molecule has 0 unspecified atom stereocenters. The minimum atomic E-state index is 0.209. The van der Waals surface area contributed by atoms with Crippen LogP contribution in [0, 0.1) is 0 Å². The zero-order chi connectivity index (χ0) is 16.8. The van der Waals surface area contributed by atoms with Crippen molar-refractivity contribution in [2.45, 2.75) is 38.8 Å². The number of aromatic nitrogens is 3. The zero-order valence-electron chi connectivity index (χ0n) is 14.2. The molecular weight excluding hydrogens is 302 g/mol. The Morgan fingerprint density at radius 1 is 1.25 bits per heavy atom. The molecule has 24 heavy (non-hydrogen) atoms. The molecule has 1 aromatic heterocycles. The molecule has 1 N–H and O–H groups in total. The fourth-order valence-electron chi connectivity index (χ4n) is 3.20. The van der Waals surface area contributed by atoms with Gasteiger partial charge >= 0.3 is 0 Å². The van der Waals surface area contributed by atoms with Crippen molar-refractivity contribution in [3.05, 3.63) is 48.0 Å². The second-order valence-electron chi connectivity index (χ2n) is 6.42. The molecule has 0 spiro atoms. The van der Waals surface area contributed by atoms with Crippen LogP contribution in [0.5, 0.6) is 0 Å². The van der Waals surface area contributed by atoms with Crippen molar-refractivity contribution in [3.8, 4) is 0 Å². The molecule has 1 atom stereocenters. The van der Waals surface area contributed by atoms with Gasteiger partial charge in [0.25, 0.3) is 0 Å². The van der Waals surface area contributed by atoms with Crippen molar-refractivity contribution in [1.82, 2.24) is 25.0 Å². The van der Waals surface area contributed by atoms with Gasteiger partial charge < -0.3 is 4.90 Å². The Morgan fingerprint density at radius 2 is 2.08 bits per heavy atom. The lowest BCUT2D eigenvalue weighted by molar-refractivity contribution is -0.133. The van der Waals surface area contributed by atoms with Crippen LogP contribution >= 0.6 is 0 Å². The molecule has 1 aliphatic heterocycles. The van der Waals surface area contributed by atoms with Gasteiger partial charge in [0.05, 0.1) is 0 Å². The molecule has 2 aromatic rings. The average molecular weight is 327 g/mol. The first-order valence-electron chi connectivity index (χ1n) is 8.62. The van der Waals surface area contributed by atoms with Crippen molar-refractivity contribution < 1.29 is 4.79 Å². The highest BCUT2D eigenvalue weighted by atomic mass is 16.2. The molecule has 6 heteroatoms. The summed E-state index contributed by atoms with van der Waals surface area (Å²) in [6, 6.07) is 10.8. The van der Waals surface area contributed by atoms with Crippen LogP contribution in [0.4, 0.5) is 0 Å². The molecule has 1 saturated heterocycles. The summed E-state index contributed by atoms with van der Waals surface area (Å²) in [5, 5.41) is 6.64. The van der Waals surface area contributed by atoms with Gasteiger partial charge in [0, 0.05) is 45.1 Å². The molecule has 0 aliphatic carbocycles. The number of aromatic amines is 1. The Bertz CT molecular complexity index is 628. The van der Waals surface area contributed by atoms with E-state index in [0.29, 0.717) is 12.8 Å². The lowest BCUT2D eigenvalue weighted by atomic mass is 10.1. The fraction of sp³-hybridized carbons (Fsp3) is 0.500. The number of nitrogens with one attached hydrogen (secondary N) is 1.